The maximum Gasteiger partial charge on any atom is 0.307 e. The quantitative estimate of drug-likeness (QED) is 0.901. The summed E-state index contributed by atoms with van der Waals surface area (Å²) in [6.07, 6.45) is -0.199. The Morgan fingerprint density at radius 2 is 2.29 bits per heavy atom. The number of carboxylic acids is 1. The highest BCUT2D eigenvalue weighted by molar-refractivity contribution is 9.10. The van der Waals surface area contributed by atoms with E-state index >= 15 is 0 Å². The van der Waals surface area contributed by atoms with Crippen molar-refractivity contribution in [2.45, 2.75) is 6.42 Å². The second-order valence-electron chi connectivity index (χ2n) is 2.57. The van der Waals surface area contributed by atoms with Crippen molar-refractivity contribution in [1.29, 1.82) is 5.26 Å². The molecule has 72 valence electrons. The van der Waals surface area contributed by atoms with E-state index < -0.39 is 5.97 Å². The van der Waals surface area contributed by atoms with E-state index in [1.54, 1.807) is 0 Å². The summed E-state index contributed by atoms with van der Waals surface area (Å²) in [5.74, 6) is -0.984. The van der Waals surface area contributed by atoms with E-state index in [9.17, 15) is 4.79 Å². The number of rotatable bonds is 2. The molecule has 0 unspecified atom stereocenters. The van der Waals surface area contributed by atoms with Crippen molar-refractivity contribution in [3.8, 4) is 6.07 Å². The fourth-order valence-corrected chi connectivity index (χ4v) is 1.91. The van der Waals surface area contributed by atoms with E-state index in [0.717, 1.165) is 0 Å². The van der Waals surface area contributed by atoms with Crippen molar-refractivity contribution >= 4 is 33.5 Å². The van der Waals surface area contributed by atoms with Gasteiger partial charge in [0.25, 0.3) is 0 Å². The van der Waals surface area contributed by atoms with Crippen LogP contribution < -0.4 is 0 Å². The minimum absolute atomic E-state index is 0.199. The van der Waals surface area contributed by atoms with Crippen LogP contribution in [0.4, 0.5) is 0 Å². The molecule has 0 atom stereocenters. The van der Waals surface area contributed by atoms with Gasteiger partial charge >= 0.3 is 5.97 Å². The molecule has 0 saturated carbocycles. The third-order valence-electron chi connectivity index (χ3n) is 1.63. The lowest BCUT2D eigenvalue weighted by Crippen LogP contribution is -2.02. The number of nitriles is 1. The van der Waals surface area contributed by atoms with Gasteiger partial charge in [-0.3, -0.25) is 4.79 Å². The van der Waals surface area contributed by atoms with Crippen LogP contribution in [0.15, 0.2) is 16.6 Å². The third-order valence-corrected chi connectivity index (χ3v) is 2.89. The maximum absolute atomic E-state index is 10.5. The molecule has 1 aromatic carbocycles. The van der Waals surface area contributed by atoms with Crippen molar-refractivity contribution in [3.63, 3.8) is 0 Å². The Hall–Kier alpha value is -1.05. The first-order chi connectivity index (χ1) is 6.56. The molecule has 3 nitrogen and oxygen atoms in total. The van der Waals surface area contributed by atoms with Crippen molar-refractivity contribution in [1.82, 2.24) is 0 Å². The first-order valence-electron chi connectivity index (χ1n) is 3.65. The summed E-state index contributed by atoms with van der Waals surface area (Å²) in [6.45, 7) is 0. The molecule has 0 heterocycles. The maximum atomic E-state index is 10.5. The zero-order valence-corrected chi connectivity index (χ0v) is 9.26. The van der Waals surface area contributed by atoms with Crippen LogP contribution in [0, 0.1) is 11.3 Å². The summed E-state index contributed by atoms with van der Waals surface area (Å²) in [7, 11) is 0. The van der Waals surface area contributed by atoms with E-state index in [2.05, 4.69) is 15.9 Å². The SMILES string of the molecule is N#Cc1ccc(Cl)c(CC(=O)O)c1Br. The van der Waals surface area contributed by atoms with Crippen molar-refractivity contribution in [2.75, 3.05) is 0 Å². The number of hydrogen-bond donors (Lipinski definition) is 1. The summed E-state index contributed by atoms with van der Waals surface area (Å²) in [4.78, 5) is 10.5. The lowest BCUT2D eigenvalue weighted by Gasteiger charge is -2.05. The molecular formula is C9H5BrClNO2. The lowest BCUT2D eigenvalue weighted by atomic mass is 10.1. The van der Waals surface area contributed by atoms with E-state index in [-0.39, 0.29) is 6.42 Å². The van der Waals surface area contributed by atoms with Gasteiger partial charge in [0.05, 0.1) is 12.0 Å². The molecule has 0 spiro atoms. The van der Waals surface area contributed by atoms with Crippen molar-refractivity contribution < 1.29 is 9.90 Å². The highest BCUT2D eigenvalue weighted by Gasteiger charge is 2.12. The second-order valence-corrected chi connectivity index (χ2v) is 3.77. The molecule has 14 heavy (non-hydrogen) atoms. The highest BCUT2D eigenvalue weighted by atomic mass is 79.9. The monoisotopic (exact) mass is 273 g/mol. The van der Waals surface area contributed by atoms with Gasteiger partial charge < -0.3 is 5.11 Å². The van der Waals surface area contributed by atoms with E-state index in [4.69, 9.17) is 22.0 Å². The first-order valence-corrected chi connectivity index (χ1v) is 4.82. The molecule has 0 aromatic heterocycles. The molecule has 0 saturated heterocycles. The summed E-state index contributed by atoms with van der Waals surface area (Å²) in [6, 6.07) is 4.99. The Morgan fingerprint density at radius 1 is 1.64 bits per heavy atom. The zero-order valence-electron chi connectivity index (χ0n) is 6.92. The lowest BCUT2D eigenvalue weighted by molar-refractivity contribution is -0.136. The topological polar surface area (TPSA) is 61.1 Å². The first kappa shape index (κ1) is 11.0. The molecule has 1 aromatic rings. The van der Waals surface area contributed by atoms with E-state index in [0.29, 0.717) is 20.6 Å². The van der Waals surface area contributed by atoms with E-state index in [1.165, 1.54) is 12.1 Å². The Kier molecular flexibility index (Phi) is 3.50. The van der Waals surface area contributed by atoms with Gasteiger partial charge in [-0.2, -0.15) is 5.26 Å². The van der Waals surface area contributed by atoms with Crippen LogP contribution in [0.25, 0.3) is 0 Å². The molecule has 0 radical (unpaired) electrons. The molecule has 0 aliphatic carbocycles. The van der Waals surface area contributed by atoms with Crippen LogP contribution in [-0.2, 0) is 11.2 Å². The number of aliphatic carboxylic acids is 1. The largest absolute Gasteiger partial charge is 0.481 e. The standard InChI is InChI=1S/C9H5BrClNO2/c10-9-5(4-12)1-2-7(11)6(9)3-8(13)14/h1-2H,3H2,(H,13,14). The minimum atomic E-state index is -0.984. The fourth-order valence-electron chi connectivity index (χ4n) is 0.997. The summed E-state index contributed by atoms with van der Waals surface area (Å²) in [5.41, 5.74) is 0.809. The van der Waals surface area contributed by atoms with Crippen molar-refractivity contribution in [2.24, 2.45) is 0 Å². The van der Waals surface area contributed by atoms with Crippen LogP contribution in [-0.4, -0.2) is 11.1 Å². The summed E-state index contributed by atoms with van der Waals surface area (Å²) in [5, 5.41) is 17.7. The smallest absolute Gasteiger partial charge is 0.307 e. The van der Waals surface area contributed by atoms with Gasteiger partial charge in [0.15, 0.2) is 0 Å². The molecule has 1 N–H and O–H groups in total. The Morgan fingerprint density at radius 3 is 2.79 bits per heavy atom. The zero-order chi connectivity index (χ0) is 10.7. The van der Waals surface area contributed by atoms with Gasteiger partial charge in [0, 0.05) is 9.50 Å². The number of carboxylic acid groups (broad SMARTS) is 1. The Bertz CT molecular complexity index is 426. The molecule has 0 fully saturated rings. The Balaban J connectivity index is 3.27. The van der Waals surface area contributed by atoms with Gasteiger partial charge in [0.1, 0.15) is 6.07 Å². The van der Waals surface area contributed by atoms with Crippen LogP contribution >= 0.6 is 27.5 Å². The highest BCUT2D eigenvalue weighted by Crippen LogP contribution is 2.28. The van der Waals surface area contributed by atoms with Crippen LogP contribution in [0.3, 0.4) is 0 Å². The molecular weight excluding hydrogens is 269 g/mol. The number of benzene rings is 1. The number of nitrogens with zero attached hydrogens (tertiary/aromatic N) is 1. The molecule has 0 bridgehead atoms. The van der Waals surface area contributed by atoms with Gasteiger partial charge in [0.2, 0.25) is 0 Å². The molecule has 5 heteroatoms. The average Bonchev–Trinajstić information content (AvgIpc) is 2.12. The number of carbonyl (C=O) groups is 1. The van der Waals surface area contributed by atoms with Crippen LogP contribution in [0.2, 0.25) is 5.02 Å². The molecule has 0 amide bonds. The van der Waals surface area contributed by atoms with Gasteiger partial charge in [-0.1, -0.05) is 11.6 Å². The van der Waals surface area contributed by atoms with Gasteiger partial charge in [-0.25, -0.2) is 0 Å². The molecule has 0 aliphatic heterocycles. The van der Waals surface area contributed by atoms with Crippen LogP contribution in [0.1, 0.15) is 11.1 Å². The second kappa shape index (κ2) is 4.45. The molecule has 0 aliphatic rings. The normalized spacial score (nSPS) is 9.50. The Labute approximate surface area is 94.0 Å². The minimum Gasteiger partial charge on any atom is -0.481 e. The molecule has 1 rings (SSSR count). The fraction of sp³-hybridized carbons (Fsp3) is 0.111. The predicted molar refractivity (Wildman–Crippen MR) is 55.2 cm³/mol. The van der Waals surface area contributed by atoms with Crippen molar-refractivity contribution in [3.05, 3.63) is 32.8 Å². The average molecular weight is 275 g/mol. The van der Waals surface area contributed by atoms with Gasteiger partial charge in [-0.05, 0) is 33.6 Å². The summed E-state index contributed by atoms with van der Waals surface area (Å²) < 4.78 is 0.454. The van der Waals surface area contributed by atoms with Crippen LogP contribution in [0.5, 0.6) is 0 Å². The predicted octanol–water partition coefficient (Wildman–Crippen LogP) is 2.60. The third kappa shape index (κ3) is 2.25. The summed E-state index contributed by atoms with van der Waals surface area (Å²) >= 11 is 8.95. The number of halogens is 2. The van der Waals surface area contributed by atoms with E-state index in [1.807, 2.05) is 6.07 Å². The van der Waals surface area contributed by atoms with Gasteiger partial charge in [-0.15, -0.1) is 0 Å². The number of hydrogen-bond acceptors (Lipinski definition) is 2.